The number of ether oxygens (including phenoxy) is 2. The number of carbonyl (C=O) groups is 1. The van der Waals surface area contributed by atoms with E-state index in [4.69, 9.17) is 13.9 Å². The molecule has 0 saturated carbocycles. The van der Waals surface area contributed by atoms with Crippen LogP contribution < -0.4 is 5.43 Å². The van der Waals surface area contributed by atoms with Gasteiger partial charge in [0.05, 0.1) is 5.41 Å². The predicted molar refractivity (Wildman–Crippen MR) is 111 cm³/mol. The molecule has 1 aromatic carbocycles. The molecule has 1 aliphatic rings. The van der Waals surface area contributed by atoms with Gasteiger partial charge in [0.1, 0.15) is 17.6 Å². The minimum Gasteiger partial charge on any atom is -0.465 e. The van der Waals surface area contributed by atoms with Crippen molar-refractivity contribution in [3.8, 4) is 0 Å². The first-order valence-corrected chi connectivity index (χ1v) is 10.5. The molecule has 174 valence electrons. The highest BCUT2D eigenvalue weighted by Gasteiger charge is 2.65. The first-order chi connectivity index (χ1) is 14.9. The van der Waals surface area contributed by atoms with Gasteiger partial charge in [-0.05, 0) is 40.0 Å². The molecule has 2 aromatic rings. The van der Waals surface area contributed by atoms with E-state index in [1.54, 1.807) is 26.8 Å². The highest BCUT2D eigenvalue weighted by Crippen LogP contribution is 2.46. The van der Waals surface area contributed by atoms with Crippen LogP contribution in [0.4, 0.5) is 13.2 Å². The fourth-order valence-electron chi connectivity index (χ4n) is 4.39. The minimum absolute atomic E-state index is 0.140. The average Bonchev–Trinajstić information content (AvgIpc) is 2.75. The topological polar surface area (TPSA) is 65.7 Å². The van der Waals surface area contributed by atoms with Gasteiger partial charge in [-0.15, -0.1) is 0 Å². The zero-order valence-corrected chi connectivity index (χ0v) is 18.8. The lowest BCUT2D eigenvalue weighted by Gasteiger charge is -2.42. The zero-order chi connectivity index (χ0) is 23.9. The van der Waals surface area contributed by atoms with Gasteiger partial charge >= 0.3 is 12.1 Å². The molecular weight excluding hydrogens is 425 g/mol. The van der Waals surface area contributed by atoms with Crippen LogP contribution in [-0.4, -0.2) is 25.4 Å². The van der Waals surface area contributed by atoms with Crippen LogP contribution in [0, 0.1) is 13.8 Å². The molecule has 1 heterocycles. The van der Waals surface area contributed by atoms with Crippen LogP contribution in [0.15, 0.2) is 39.5 Å². The largest absolute Gasteiger partial charge is 0.465 e. The number of aryl methyl sites for hydroxylation is 1. The van der Waals surface area contributed by atoms with Gasteiger partial charge in [-0.2, -0.15) is 13.2 Å². The van der Waals surface area contributed by atoms with Gasteiger partial charge in [-0.3, -0.25) is 4.79 Å². The van der Waals surface area contributed by atoms with E-state index < -0.39 is 29.3 Å². The second-order valence-electron chi connectivity index (χ2n) is 8.37. The van der Waals surface area contributed by atoms with Gasteiger partial charge in [0.25, 0.3) is 5.60 Å². The van der Waals surface area contributed by atoms with E-state index in [0.29, 0.717) is 29.1 Å². The standard InChI is InChI=1S/C24H27F3O5/c1-6-22(4)18(13-12-17-19(28)14(2)15(3)31-20(17)22)32-21(29)23(30-5,24(25,26)27)16-10-8-7-9-11-16/h7-11,18H,6,12-13H2,1-5H3/t18-,22+,23-/m1/s1. The molecule has 3 atom stereocenters. The molecule has 0 saturated heterocycles. The predicted octanol–water partition coefficient (Wildman–Crippen LogP) is 4.89. The Labute approximate surface area is 184 Å². The van der Waals surface area contributed by atoms with Gasteiger partial charge in [0.15, 0.2) is 5.43 Å². The minimum atomic E-state index is -5.06. The lowest BCUT2D eigenvalue weighted by Crippen LogP contribution is -2.55. The Kier molecular flexibility index (Phi) is 6.30. The SMILES string of the molecule is CC[C@]1(C)c2oc(C)c(C)c(=O)c2CC[C@H]1OC(=O)[C@](OC)(c1ccccc1)C(F)(F)F. The van der Waals surface area contributed by atoms with Crippen molar-refractivity contribution in [1.29, 1.82) is 0 Å². The van der Waals surface area contributed by atoms with Crippen LogP contribution in [0.3, 0.4) is 0 Å². The maximum absolute atomic E-state index is 14.2. The summed E-state index contributed by atoms with van der Waals surface area (Å²) < 4.78 is 59.1. The van der Waals surface area contributed by atoms with Gasteiger partial charge in [-0.25, -0.2) is 4.79 Å². The zero-order valence-electron chi connectivity index (χ0n) is 18.8. The molecule has 1 aliphatic carbocycles. The number of esters is 1. The van der Waals surface area contributed by atoms with Crippen molar-refractivity contribution in [2.45, 2.75) is 70.3 Å². The lowest BCUT2D eigenvalue weighted by molar-refractivity contribution is -0.279. The van der Waals surface area contributed by atoms with Crippen molar-refractivity contribution >= 4 is 5.97 Å². The summed E-state index contributed by atoms with van der Waals surface area (Å²) in [5.74, 6) is -0.740. The Morgan fingerprint density at radius 1 is 1.22 bits per heavy atom. The van der Waals surface area contributed by atoms with Crippen molar-refractivity contribution in [2.24, 2.45) is 0 Å². The first-order valence-electron chi connectivity index (χ1n) is 10.5. The van der Waals surface area contributed by atoms with Crippen LogP contribution in [-0.2, 0) is 31.7 Å². The fourth-order valence-corrected chi connectivity index (χ4v) is 4.39. The third-order valence-corrected chi connectivity index (χ3v) is 6.71. The number of halogens is 3. The number of carbonyl (C=O) groups excluding carboxylic acids is 1. The molecule has 0 amide bonds. The Balaban J connectivity index is 2.07. The van der Waals surface area contributed by atoms with E-state index in [-0.39, 0.29) is 23.8 Å². The quantitative estimate of drug-likeness (QED) is 0.605. The Morgan fingerprint density at radius 2 is 1.84 bits per heavy atom. The molecule has 0 aliphatic heterocycles. The molecule has 8 heteroatoms. The number of fused-ring (bicyclic) bond motifs is 1. The highest BCUT2D eigenvalue weighted by atomic mass is 19.4. The summed E-state index contributed by atoms with van der Waals surface area (Å²) in [6.07, 6.45) is -5.17. The van der Waals surface area contributed by atoms with E-state index in [0.717, 1.165) is 7.11 Å². The van der Waals surface area contributed by atoms with Crippen molar-refractivity contribution < 1.29 is 31.9 Å². The molecular formula is C24H27F3O5. The van der Waals surface area contributed by atoms with E-state index in [1.807, 2.05) is 6.92 Å². The van der Waals surface area contributed by atoms with Crippen LogP contribution in [0.5, 0.6) is 0 Å². The summed E-state index contributed by atoms with van der Waals surface area (Å²) in [6, 6.07) is 6.70. The summed E-state index contributed by atoms with van der Waals surface area (Å²) >= 11 is 0. The summed E-state index contributed by atoms with van der Waals surface area (Å²) in [4.78, 5) is 25.9. The average molecular weight is 452 g/mol. The van der Waals surface area contributed by atoms with Crippen LogP contribution in [0.1, 0.15) is 54.9 Å². The third kappa shape index (κ3) is 3.54. The molecule has 5 nitrogen and oxygen atoms in total. The summed E-state index contributed by atoms with van der Waals surface area (Å²) in [6.45, 7) is 6.89. The monoisotopic (exact) mass is 452 g/mol. The third-order valence-electron chi connectivity index (χ3n) is 6.71. The first kappa shape index (κ1) is 24.0. The van der Waals surface area contributed by atoms with E-state index in [9.17, 15) is 22.8 Å². The Hall–Kier alpha value is -2.61. The van der Waals surface area contributed by atoms with E-state index in [1.165, 1.54) is 24.3 Å². The van der Waals surface area contributed by atoms with Crippen molar-refractivity contribution in [3.63, 3.8) is 0 Å². The van der Waals surface area contributed by atoms with Crippen molar-refractivity contribution in [1.82, 2.24) is 0 Å². The maximum atomic E-state index is 14.2. The smallest absolute Gasteiger partial charge is 0.432 e. The number of benzene rings is 1. The van der Waals surface area contributed by atoms with Crippen LogP contribution in [0.25, 0.3) is 0 Å². The van der Waals surface area contributed by atoms with E-state index in [2.05, 4.69) is 0 Å². The number of rotatable bonds is 5. The van der Waals surface area contributed by atoms with Crippen molar-refractivity contribution in [3.05, 3.63) is 68.8 Å². The van der Waals surface area contributed by atoms with Crippen LogP contribution in [0.2, 0.25) is 0 Å². The second kappa shape index (κ2) is 8.39. The molecule has 1 aromatic heterocycles. The summed E-state index contributed by atoms with van der Waals surface area (Å²) in [7, 11) is 0.835. The normalized spacial score (nSPS) is 22.7. The fraction of sp³-hybridized carbons (Fsp3) is 0.500. The number of methoxy groups -OCH3 is 1. The van der Waals surface area contributed by atoms with Gasteiger partial charge in [0.2, 0.25) is 0 Å². The number of alkyl halides is 3. The van der Waals surface area contributed by atoms with Gasteiger partial charge in [0, 0.05) is 23.8 Å². The van der Waals surface area contributed by atoms with Gasteiger partial charge in [-0.1, -0.05) is 37.3 Å². The van der Waals surface area contributed by atoms with E-state index >= 15 is 0 Å². The number of hydrogen-bond donors (Lipinski definition) is 0. The summed E-state index contributed by atoms with van der Waals surface area (Å²) in [5, 5.41) is 0. The second-order valence-corrected chi connectivity index (χ2v) is 8.37. The Morgan fingerprint density at radius 3 is 2.38 bits per heavy atom. The highest BCUT2D eigenvalue weighted by molar-refractivity contribution is 5.83. The molecule has 0 fully saturated rings. The lowest BCUT2D eigenvalue weighted by atomic mass is 9.70. The molecule has 0 radical (unpaired) electrons. The Bertz CT molecular complexity index is 1060. The molecule has 0 N–H and O–H groups in total. The molecule has 0 spiro atoms. The molecule has 0 bridgehead atoms. The molecule has 3 rings (SSSR count). The number of hydrogen-bond acceptors (Lipinski definition) is 5. The van der Waals surface area contributed by atoms with Crippen molar-refractivity contribution in [2.75, 3.05) is 7.11 Å². The van der Waals surface area contributed by atoms with Gasteiger partial charge < -0.3 is 13.9 Å². The van der Waals surface area contributed by atoms with Crippen LogP contribution >= 0.6 is 0 Å². The summed E-state index contributed by atoms with van der Waals surface area (Å²) in [5.41, 5.74) is -3.76. The maximum Gasteiger partial charge on any atom is 0.432 e. The molecule has 32 heavy (non-hydrogen) atoms. The molecule has 0 unspecified atom stereocenters.